The van der Waals surface area contributed by atoms with Crippen LogP contribution >= 0.6 is 0 Å². The van der Waals surface area contributed by atoms with Crippen LogP contribution in [0, 0.1) is 5.82 Å². The monoisotopic (exact) mass is 380 g/mol. The molecule has 1 saturated heterocycles. The summed E-state index contributed by atoms with van der Waals surface area (Å²) in [7, 11) is 1.68. The number of halogens is 1. The zero-order valence-corrected chi connectivity index (χ0v) is 16.9. The number of methoxy groups -OCH3 is 1. The van der Waals surface area contributed by atoms with E-state index in [1.807, 2.05) is 37.8 Å². The Bertz CT molecular complexity index is 628. The van der Waals surface area contributed by atoms with Gasteiger partial charge in [0.05, 0.1) is 23.9 Å². The predicted molar refractivity (Wildman–Crippen MR) is 108 cm³/mol. The Morgan fingerprint density at radius 1 is 1.33 bits per heavy atom. The third-order valence-corrected chi connectivity index (χ3v) is 4.82. The van der Waals surface area contributed by atoms with Crippen LogP contribution in [0.2, 0.25) is 0 Å². The van der Waals surface area contributed by atoms with Gasteiger partial charge < -0.3 is 25.4 Å². The third kappa shape index (κ3) is 6.66. The molecule has 3 N–H and O–H groups in total. The number of nitrogens with zero attached hydrogens (tertiary/aromatic N) is 2. The van der Waals surface area contributed by atoms with Crippen LogP contribution in [-0.2, 0) is 11.3 Å². The van der Waals surface area contributed by atoms with Crippen molar-refractivity contribution in [3.8, 4) is 0 Å². The first-order valence-electron chi connectivity index (χ1n) is 9.63. The van der Waals surface area contributed by atoms with Crippen LogP contribution in [0.3, 0.4) is 0 Å². The van der Waals surface area contributed by atoms with E-state index in [9.17, 15) is 9.50 Å². The maximum atomic E-state index is 14.6. The zero-order chi connectivity index (χ0) is 19.9. The number of aliphatic hydroxyl groups is 1. The average Bonchev–Trinajstić information content (AvgIpc) is 2.65. The van der Waals surface area contributed by atoms with E-state index in [0.29, 0.717) is 50.7 Å². The molecule has 0 amide bonds. The smallest absolute Gasteiger partial charge is 0.191 e. The number of piperidine rings is 1. The van der Waals surface area contributed by atoms with Crippen LogP contribution < -0.4 is 15.5 Å². The van der Waals surface area contributed by atoms with E-state index in [4.69, 9.17) is 4.74 Å². The van der Waals surface area contributed by atoms with Crippen molar-refractivity contribution in [2.75, 3.05) is 38.2 Å². The van der Waals surface area contributed by atoms with Gasteiger partial charge in [0.15, 0.2) is 5.96 Å². The first kappa shape index (κ1) is 21.4. The van der Waals surface area contributed by atoms with Gasteiger partial charge in [-0.15, -0.1) is 0 Å². The minimum atomic E-state index is -0.300. The zero-order valence-electron chi connectivity index (χ0n) is 16.9. The van der Waals surface area contributed by atoms with Crippen molar-refractivity contribution in [1.29, 1.82) is 0 Å². The summed E-state index contributed by atoms with van der Waals surface area (Å²) >= 11 is 0. The largest absolute Gasteiger partial charge is 0.393 e. The highest BCUT2D eigenvalue weighted by Crippen LogP contribution is 2.24. The Morgan fingerprint density at radius 2 is 2.04 bits per heavy atom. The van der Waals surface area contributed by atoms with E-state index in [0.717, 1.165) is 12.1 Å². The number of guanidine groups is 1. The Hall–Kier alpha value is -1.86. The van der Waals surface area contributed by atoms with E-state index in [1.165, 1.54) is 0 Å². The highest BCUT2D eigenvalue weighted by molar-refractivity contribution is 5.79. The summed E-state index contributed by atoms with van der Waals surface area (Å²) in [5, 5.41) is 16.0. The number of anilines is 1. The first-order valence-corrected chi connectivity index (χ1v) is 9.63. The Labute approximate surface area is 161 Å². The molecule has 0 unspecified atom stereocenters. The molecule has 0 aromatic heterocycles. The summed E-state index contributed by atoms with van der Waals surface area (Å²) < 4.78 is 20.0. The van der Waals surface area contributed by atoms with Gasteiger partial charge in [-0.3, -0.25) is 0 Å². The van der Waals surface area contributed by atoms with Gasteiger partial charge in [-0.25, -0.2) is 9.38 Å². The van der Waals surface area contributed by atoms with Gasteiger partial charge in [0, 0.05) is 33.3 Å². The molecular formula is C20H33FN4O2. The molecule has 0 saturated carbocycles. The van der Waals surface area contributed by atoms with E-state index < -0.39 is 0 Å². The van der Waals surface area contributed by atoms with E-state index in [1.54, 1.807) is 13.2 Å². The molecule has 1 aromatic carbocycles. The maximum Gasteiger partial charge on any atom is 0.191 e. The molecule has 7 heteroatoms. The van der Waals surface area contributed by atoms with Crippen molar-refractivity contribution in [3.63, 3.8) is 0 Å². The van der Waals surface area contributed by atoms with Gasteiger partial charge in [-0.2, -0.15) is 0 Å². The number of ether oxygens (including phenoxy) is 1. The van der Waals surface area contributed by atoms with Gasteiger partial charge in [0.1, 0.15) is 5.82 Å². The van der Waals surface area contributed by atoms with Crippen molar-refractivity contribution in [2.45, 2.75) is 51.9 Å². The number of hydrogen-bond acceptors (Lipinski definition) is 4. The summed E-state index contributed by atoms with van der Waals surface area (Å²) in [6.07, 6.45) is 1.10. The predicted octanol–water partition coefficient (Wildman–Crippen LogP) is 2.27. The van der Waals surface area contributed by atoms with Crippen LogP contribution in [-0.4, -0.2) is 56.1 Å². The molecule has 1 aliphatic rings. The number of hydrogen-bond donors (Lipinski definition) is 3. The number of aliphatic hydroxyl groups excluding tert-OH is 1. The quantitative estimate of drug-likeness (QED) is 0.500. The maximum absolute atomic E-state index is 14.6. The molecule has 0 radical (unpaired) electrons. The summed E-state index contributed by atoms with van der Waals surface area (Å²) in [4.78, 5) is 6.53. The molecular weight excluding hydrogens is 347 g/mol. The lowest BCUT2D eigenvalue weighted by atomic mass is 10.1. The van der Waals surface area contributed by atoms with E-state index in [-0.39, 0.29) is 17.5 Å². The van der Waals surface area contributed by atoms with Crippen molar-refractivity contribution < 1.29 is 14.2 Å². The van der Waals surface area contributed by atoms with Crippen LogP contribution in [0.1, 0.15) is 39.2 Å². The number of rotatable bonds is 7. The van der Waals surface area contributed by atoms with Crippen molar-refractivity contribution in [2.24, 2.45) is 4.99 Å². The standard InChI is InChI=1S/C20H33FN4O2/c1-5-22-19(24-14-20(2,3)27-4)23-13-15-6-7-18(17(21)12-15)25-10-8-16(26)9-11-25/h6-7,12,16,26H,5,8-11,13-14H2,1-4H3,(H2,22,23,24). The molecule has 6 nitrogen and oxygen atoms in total. The molecule has 1 aliphatic heterocycles. The second kappa shape index (κ2) is 9.90. The third-order valence-electron chi connectivity index (χ3n) is 4.82. The fourth-order valence-corrected chi connectivity index (χ4v) is 2.89. The van der Waals surface area contributed by atoms with Crippen LogP contribution in [0.5, 0.6) is 0 Å². The molecule has 152 valence electrons. The summed E-state index contributed by atoms with van der Waals surface area (Å²) in [6.45, 7) is 9.10. The molecule has 2 rings (SSSR count). The molecule has 1 heterocycles. The lowest BCUT2D eigenvalue weighted by Crippen LogP contribution is -2.45. The van der Waals surface area contributed by atoms with Crippen LogP contribution in [0.25, 0.3) is 0 Å². The second-order valence-electron chi connectivity index (χ2n) is 7.52. The molecule has 1 fully saturated rings. The highest BCUT2D eigenvalue weighted by Gasteiger charge is 2.20. The van der Waals surface area contributed by atoms with Gasteiger partial charge >= 0.3 is 0 Å². The fraction of sp³-hybridized carbons (Fsp3) is 0.650. The molecule has 1 aromatic rings. The number of benzene rings is 1. The molecule has 0 atom stereocenters. The van der Waals surface area contributed by atoms with Crippen LogP contribution in [0.4, 0.5) is 10.1 Å². The summed E-state index contributed by atoms with van der Waals surface area (Å²) in [5.41, 5.74) is 1.12. The molecule has 0 spiro atoms. The topological polar surface area (TPSA) is 69.1 Å². The molecule has 27 heavy (non-hydrogen) atoms. The van der Waals surface area contributed by atoms with E-state index >= 15 is 0 Å². The van der Waals surface area contributed by atoms with E-state index in [2.05, 4.69) is 15.6 Å². The Balaban J connectivity index is 2.00. The minimum absolute atomic E-state index is 0.238. The van der Waals surface area contributed by atoms with Crippen molar-refractivity contribution in [1.82, 2.24) is 10.6 Å². The number of aliphatic imine (C=N–C) groups is 1. The van der Waals surface area contributed by atoms with Gasteiger partial charge in [-0.1, -0.05) is 6.07 Å². The first-order chi connectivity index (χ1) is 12.8. The van der Waals surface area contributed by atoms with Gasteiger partial charge in [0.25, 0.3) is 0 Å². The minimum Gasteiger partial charge on any atom is -0.393 e. The summed E-state index contributed by atoms with van der Waals surface area (Å²) in [6, 6.07) is 5.27. The molecule has 0 aliphatic carbocycles. The summed E-state index contributed by atoms with van der Waals surface area (Å²) in [5.74, 6) is 0.440. The Morgan fingerprint density at radius 3 is 2.63 bits per heavy atom. The second-order valence-corrected chi connectivity index (χ2v) is 7.52. The molecule has 0 bridgehead atoms. The SMILES string of the molecule is CCNC(=NCc1ccc(N2CCC(O)CC2)c(F)c1)NCC(C)(C)OC. The normalized spacial score (nSPS) is 16.5. The van der Waals surface area contributed by atoms with Gasteiger partial charge in [0.2, 0.25) is 0 Å². The lowest BCUT2D eigenvalue weighted by Gasteiger charge is -2.31. The highest BCUT2D eigenvalue weighted by atomic mass is 19.1. The van der Waals surface area contributed by atoms with Crippen molar-refractivity contribution in [3.05, 3.63) is 29.6 Å². The van der Waals surface area contributed by atoms with Crippen LogP contribution in [0.15, 0.2) is 23.2 Å². The Kier molecular flexibility index (Phi) is 7.86. The fourth-order valence-electron chi connectivity index (χ4n) is 2.89. The van der Waals surface area contributed by atoms with Gasteiger partial charge in [-0.05, 0) is 51.3 Å². The van der Waals surface area contributed by atoms with Crippen molar-refractivity contribution >= 4 is 11.6 Å². The average molecular weight is 381 g/mol. The number of nitrogens with one attached hydrogen (secondary N) is 2. The lowest BCUT2D eigenvalue weighted by molar-refractivity contribution is 0.0268.